The molecule has 0 bridgehead atoms. The first kappa shape index (κ1) is 6.99. The van der Waals surface area contributed by atoms with Gasteiger partial charge in [0.2, 0.25) is 0 Å². The van der Waals surface area contributed by atoms with Crippen LogP contribution in [0.2, 0.25) is 0 Å². The minimum absolute atomic E-state index is 0.0153. The maximum Gasteiger partial charge on any atom is 0.0561 e. The Hall–Kier alpha value is 0.310. The van der Waals surface area contributed by atoms with E-state index in [0.29, 0.717) is 4.75 Å². The third kappa shape index (κ3) is 1.08. The summed E-state index contributed by atoms with van der Waals surface area (Å²) < 4.78 is 0.539. The van der Waals surface area contributed by atoms with Crippen molar-refractivity contribution in [1.29, 1.82) is 0 Å². The number of hydrogen-bond acceptors (Lipinski definition) is 2. The zero-order chi connectivity index (χ0) is 7.03. The molecule has 0 radical (unpaired) electrons. The molecule has 2 aliphatic rings. The van der Waals surface area contributed by atoms with Crippen molar-refractivity contribution in [2.24, 2.45) is 0 Å². The molecular formula is C8H14OS. The van der Waals surface area contributed by atoms with E-state index in [-0.39, 0.29) is 6.10 Å². The normalized spacial score (nSPS) is 37.5. The molecule has 0 aromatic rings. The Morgan fingerprint density at radius 3 is 2.60 bits per heavy atom. The lowest BCUT2D eigenvalue weighted by Gasteiger charge is -2.45. The van der Waals surface area contributed by atoms with Crippen LogP contribution >= 0.6 is 11.8 Å². The molecule has 10 heavy (non-hydrogen) atoms. The molecule has 2 heteroatoms. The minimum atomic E-state index is 0.0153. The predicted octanol–water partition coefficient (Wildman–Crippen LogP) is 1.80. The molecule has 0 aromatic carbocycles. The molecule has 1 aliphatic carbocycles. The van der Waals surface area contributed by atoms with Crippen LogP contribution in [0, 0.1) is 0 Å². The number of aliphatic hydroxyl groups is 1. The van der Waals surface area contributed by atoms with Crippen LogP contribution in [0.5, 0.6) is 0 Å². The molecule has 1 aliphatic heterocycles. The fourth-order valence-corrected chi connectivity index (χ4v) is 3.63. The van der Waals surface area contributed by atoms with E-state index in [1.807, 2.05) is 0 Å². The summed E-state index contributed by atoms with van der Waals surface area (Å²) >= 11 is 2.10. The highest BCUT2D eigenvalue weighted by Crippen LogP contribution is 2.50. The van der Waals surface area contributed by atoms with Crippen LogP contribution < -0.4 is 0 Å². The predicted molar refractivity (Wildman–Crippen MR) is 44.3 cm³/mol. The molecule has 1 atom stereocenters. The van der Waals surface area contributed by atoms with Crippen LogP contribution in [0.4, 0.5) is 0 Å². The summed E-state index contributed by atoms with van der Waals surface area (Å²) in [6.45, 7) is 0. The largest absolute Gasteiger partial charge is 0.393 e. The zero-order valence-electron chi connectivity index (χ0n) is 6.18. The fourth-order valence-electron chi connectivity index (χ4n) is 1.92. The van der Waals surface area contributed by atoms with E-state index in [9.17, 15) is 5.11 Å². The highest BCUT2D eigenvalue weighted by atomic mass is 32.2. The van der Waals surface area contributed by atoms with Gasteiger partial charge in [-0.25, -0.2) is 0 Å². The third-order valence-electron chi connectivity index (χ3n) is 2.73. The standard InChI is InChI=1S/C8H14OS/c9-7-2-5-10-8(6-7)3-1-4-8/h7,9H,1-6H2. The van der Waals surface area contributed by atoms with Crippen LogP contribution in [-0.2, 0) is 0 Å². The van der Waals surface area contributed by atoms with Gasteiger partial charge in [-0.15, -0.1) is 0 Å². The summed E-state index contributed by atoms with van der Waals surface area (Å²) in [5, 5.41) is 9.40. The van der Waals surface area contributed by atoms with Crippen molar-refractivity contribution in [1.82, 2.24) is 0 Å². The van der Waals surface area contributed by atoms with Gasteiger partial charge in [0, 0.05) is 4.75 Å². The quantitative estimate of drug-likeness (QED) is 0.580. The van der Waals surface area contributed by atoms with Gasteiger partial charge in [-0.05, 0) is 31.4 Å². The van der Waals surface area contributed by atoms with E-state index < -0.39 is 0 Å². The highest BCUT2D eigenvalue weighted by molar-refractivity contribution is 8.00. The smallest absolute Gasteiger partial charge is 0.0561 e. The molecule has 1 spiro atoms. The minimum Gasteiger partial charge on any atom is -0.393 e. The summed E-state index contributed by atoms with van der Waals surface area (Å²) in [5.41, 5.74) is 0. The molecule has 1 heterocycles. The second-order valence-electron chi connectivity index (χ2n) is 3.53. The summed E-state index contributed by atoms with van der Waals surface area (Å²) in [6, 6.07) is 0. The Bertz CT molecular complexity index is 131. The molecular weight excluding hydrogens is 144 g/mol. The molecule has 58 valence electrons. The Morgan fingerprint density at radius 1 is 1.40 bits per heavy atom. The van der Waals surface area contributed by atoms with Gasteiger partial charge in [0.05, 0.1) is 6.10 Å². The zero-order valence-corrected chi connectivity index (χ0v) is 6.99. The van der Waals surface area contributed by atoms with Crippen molar-refractivity contribution in [3.8, 4) is 0 Å². The lowest BCUT2D eigenvalue weighted by molar-refractivity contribution is 0.121. The molecule has 2 fully saturated rings. The molecule has 0 amide bonds. The summed E-state index contributed by atoms with van der Waals surface area (Å²) in [7, 11) is 0. The average Bonchev–Trinajstić information content (AvgIpc) is 1.85. The Morgan fingerprint density at radius 2 is 2.20 bits per heavy atom. The summed E-state index contributed by atoms with van der Waals surface area (Å²) in [5.74, 6) is 1.18. The van der Waals surface area contributed by atoms with E-state index in [4.69, 9.17) is 0 Å². The van der Waals surface area contributed by atoms with E-state index in [1.54, 1.807) is 0 Å². The van der Waals surface area contributed by atoms with Crippen molar-refractivity contribution in [2.75, 3.05) is 5.75 Å². The van der Waals surface area contributed by atoms with Gasteiger partial charge in [-0.1, -0.05) is 6.42 Å². The first-order chi connectivity index (χ1) is 4.81. The number of hydrogen-bond donors (Lipinski definition) is 1. The molecule has 1 saturated carbocycles. The van der Waals surface area contributed by atoms with E-state index in [1.165, 1.54) is 25.0 Å². The van der Waals surface area contributed by atoms with Gasteiger partial charge in [-0.3, -0.25) is 0 Å². The molecule has 1 unspecified atom stereocenters. The van der Waals surface area contributed by atoms with Gasteiger partial charge in [0.15, 0.2) is 0 Å². The maximum atomic E-state index is 9.40. The SMILES string of the molecule is OC1CCSC2(CCC2)C1. The van der Waals surface area contributed by atoms with Gasteiger partial charge in [-0.2, -0.15) is 11.8 Å². The second-order valence-corrected chi connectivity index (χ2v) is 5.09. The Balaban J connectivity index is 1.96. The van der Waals surface area contributed by atoms with E-state index in [0.717, 1.165) is 12.8 Å². The van der Waals surface area contributed by atoms with Crippen LogP contribution in [0.25, 0.3) is 0 Å². The number of thioether (sulfide) groups is 1. The number of rotatable bonds is 0. The van der Waals surface area contributed by atoms with Crippen molar-refractivity contribution >= 4 is 11.8 Å². The lowest BCUT2D eigenvalue weighted by Crippen LogP contribution is -2.40. The van der Waals surface area contributed by atoms with E-state index in [2.05, 4.69) is 11.8 Å². The van der Waals surface area contributed by atoms with Gasteiger partial charge in [0.25, 0.3) is 0 Å². The first-order valence-corrected chi connectivity index (χ1v) is 5.11. The van der Waals surface area contributed by atoms with Gasteiger partial charge < -0.3 is 5.11 Å². The maximum absolute atomic E-state index is 9.40. The topological polar surface area (TPSA) is 20.2 Å². The average molecular weight is 158 g/mol. The number of aliphatic hydroxyl groups excluding tert-OH is 1. The Labute approximate surface area is 66.2 Å². The molecule has 1 N–H and O–H groups in total. The van der Waals surface area contributed by atoms with Crippen LogP contribution in [-0.4, -0.2) is 21.7 Å². The van der Waals surface area contributed by atoms with Crippen LogP contribution in [0.15, 0.2) is 0 Å². The van der Waals surface area contributed by atoms with Crippen molar-refractivity contribution in [2.45, 2.75) is 43.0 Å². The summed E-state index contributed by atoms with van der Waals surface area (Å²) in [6.07, 6.45) is 6.20. The third-order valence-corrected chi connectivity index (χ3v) is 4.36. The van der Waals surface area contributed by atoms with Crippen LogP contribution in [0.3, 0.4) is 0 Å². The molecule has 1 nitrogen and oxygen atoms in total. The van der Waals surface area contributed by atoms with Crippen LogP contribution in [0.1, 0.15) is 32.1 Å². The van der Waals surface area contributed by atoms with Gasteiger partial charge in [0.1, 0.15) is 0 Å². The fraction of sp³-hybridized carbons (Fsp3) is 1.00. The molecule has 2 rings (SSSR count). The molecule has 1 saturated heterocycles. The summed E-state index contributed by atoms with van der Waals surface area (Å²) in [4.78, 5) is 0. The monoisotopic (exact) mass is 158 g/mol. The van der Waals surface area contributed by atoms with Gasteiger partial charge >= 0.3 is 0 Å². The molecule has 0 aromatic heterocycles. The van der Waals surface area contributed by atoms with Crippen molar-refractivity contribution in [3.63, 3.8) is 0 Å². The first-order valence-electron chi connectivity index (χ1n) is 4.13. The highest BCUT2D eigenvalue weighted by Gasteiger charge is 2.41. The van der Waals surface area contributed by atoms with Crippen molar-refractivity contribution in [3.05, 3.63) is 0 Å². The second kappa shape index (κ2) is 2.42. The Kier molecular flexibility index (Phi) is 1.69. The van der Waals surface area contributed by atoms with Crippen molar-refractivity contribution < 1.29 is 5.11 Å². The van der Waals surface area contributed by atoms with E-state index >= 15 is 0 Å². The lowest BCUT2D eigenvalue weighted by atomic mass is 9.79.